The van der Waals surface area contributed by atoms with Crippen LogP contribution in [0.25, 0.3) is 0 Å². The van der Waals surface area contributed by atoms with E-state index in [0.717, 1.165) is 23.3 Å². The first-order chi connectivity index (χ1) is 14.2. The Morgan fingerprint density at radius 3 is 2.13 bits per heavy atom. The van der Waals surface area contributed by atoms with Crippen LogP contribution in [0.15, 0.2) is 18.2 Å². The number of ether oxygens (including phenoxy) is 3. The predicted molar refractivity (Wildman–Crippen MR) is 129 cm³/mol. The summed E-state index contributed by atoms with van der Waals surface area (Å²) in [6.07, 6.45) is 0.530. The first-order valence-corrected chi connectivity index (χ1v) is 17.5. The van der Waals surface area contributed by atoms with E-state index in [4.69, 9.17) is 18.6 Å². The molecule has 0 saturated heterocycles. The number of fused-ring (bicyclic) bond motifs is 1. The van der Waals surface area contributed by atoms with Gasteiger partial charge < -0.3 is 18.6 Å². The SMILES string of the molecule is COC(=O)C1CC1([C@@]1(OC)c2c(OC)cccc2[C@@H]1O[Si](C)(C)C(C)(C)C)[Si](C)(C)C. The highest BCUT2D eigenvalue weighted by Crippen LogP contribution is 2.82. The smallest absolute Gasteiger partial charge is 0.309 e. The lowest BCUT2D eigenvalue weighted by Crippen LogP contribution is -2.60. The molecule has 2 aliphatic rings. The molecule has 5 nitrogen and oxygen atoms in total. The maximum atomic E-state index is 12.8. The van der Waals surface area contributed by atoms with Gasteiger partial charge in [-0.3, -0.25) is 4.79 Å². The van der Waals surface area contributed by atoms with Gasteiger partial charge >= 0.3 is 5.97 Å². The van der Waals surface area contributed by atoms with Crippen molar-refractivity contribution < 1.29 is 23.4 Å². The fourth-order valence-electron chi connectivity index (χ4n) is 5.56. The van der Waals surface area contributed by atoms with Crippen molar-refractivity contribution in [3.63, 3.8) is 0 Å². The molecule has 2 aliphatic carbocycles. The van der Waals surface area contributed by atoms with Crippen molar-refractivity contribution in [2.45, 2.75) is 81.7 Å². The third kappa shape index (κ3) is 3.18. The summed E-state index contributed by atoms with van der Waals surface area (Å²) in [6, 6.07) is 6.13. The zero-order valence-electron chi connectivity index (χ0n) is 21.1. The number of carbonyl (C=O) groups is 1. The van der Waals surface area contributed by atoms with E-state index in [1.807, 2.05) is 12.1 Å². The second kappa shape index (κ2) is 7.43. The minimum atomic E-state index is -2.13. The van der Waals surface area contributed by atoms with Crippen molar-refractivity contribution in [3.05, 3.63) is 29.3 Å². The van der Waals surface area contributed by atoms with Gasteiger partial charge in [-0.05, 0) is 36.2 Å². The molecule has 0 heterocycles. The molecular formula is C24H40O5Si2. The topological polar surface area (TPSA) is 54.0 Å². The van der Waals surface area contributed by atoms with Gasteiger partial charge in [0.1, 0.15) is 17.5 Å². The van der Waals surface area contributed by atoms with Crippen LogP contribution in [0.5, 0.6) is 5.75 Å². The van der Waals surface area contributed by atoms with Crippen LogP contribution >= 0.6 is 0 Å². The van der Waals surface area contributed by atoms with Crippen LogP contribution in [0.1, 0.15) is 44.4 Å². The molecule has 174 valence electrons. The van der Waals surface area contributed by atoms with Gasteiger partial charge in [-0.1, -0.05) is 52.5 Å². The Balaban J connectivity index is 2.27. The maximum Gasteiger partial charge on any atom is 0.309 e. The molecular weight excluding hydrogens is 424 g/mol. The van der Waals surface area contributed by atoms with Crippen molar-refractivity contribution >= 4 is 22.4 Å². The summed E-state index contributed by atoms with van der Waals surface area (Å²) >= 11 is 0. The molecule has 0 amide bonds. The van der Waals surface area contributed by atoms with Crippen LogP contribution in [0.2, 0.25) is 42.8 Å². The summed E-state index contributed by atoms with van der Waals surface area (Å²) in [5.41, 5.74) is 1.45. The number of rotatable bonds is 7. The largest absolute Gasteiger partial charge is 0.496 e. The van der Waals surface area contributed by atoms with Gasteiger partial charge in [0.05, 0.1) is 28.2 Å². The van der Waals surface area contributed by atoms with E-state index in [-0.39, 0.29) is 28.1 Å². The van der Waals surface area contributed by atoms with Crippen LogP contribution in [-0.2, 0) is 24.3 Å². The van der Waals surface area contributed by atoms with Crippen LogP contribution in [0.3, 0.4) is 0 Å². The molecule has 1 saturated carbocycles. The van der Waals surface area contributed by atoms with Gasteiger partial charge in [0.25, 0.3) is 0 Å². The summed E-state index contributed by atoms with van der Waals surface area (Å²) in [7, 11) is 0.865. The fourth-order valence-corrected chi connectivity index (χ4v) is 10.2. The van der Waals surface area contributed by atoms with E-state index in [9.17, 15) is 4.79 Å². The first-order valence-electron chi connectivity index (χ1n) is 11.1. The van der Waals surface area contributed by atoms with Gasteiger partial charge in [-0.2, -0.15) is 0 Å². The molecule has 1 aromatic rings. The van der Waals surface area contributed by atoms with Gasteiger partial charge in [0, 0.05) is 17.7 Å². The molecule has 2 unspecified atom stereocenters. The summed E-state index contributed by atoms with van der Waals surface area (Å²) in [6.45, 7) is 18.3. The Kier molecular flexibility index (Phi) is 5.87. The van der Waals surface area contributed by atoms with E-state index in [0.29, 0.717) is 0 Å². The molecule has 7 heteroatoms. The van der Waals surface area contributed by atoms with Crippen LogP contribution in [-0.4, -0.2) is 43.7 Å². The van der Waals surface area contributed by atoms with Crippen molar-refractivity contribution in [3.8, 4) is 5.75 Å². The number of hydrogen-bond donors (Lipinski definition) is 0. The van der Waals surface area contributed by atoms with E-state index < -0.39 is 22.0 Å². The summed E-state index contributed by atoms with van der Waals surface area (Å²) in [5.74, 6) is 0.476. The van der Waals surface area contributed by atoms with E-state index in [1.165, 1.54) is 7.11 Å². The number of methoxy groups -OCH3 is 3. The molecule has 0 aliphatic heterocycles. The van der Waals surface area contributed by atoms with E-state index in [1.54, 1.807) is 14.2 Å². The maximum absolute atomic E-state index is 12.8. The second-order valence-corrected chi connectivity index (χ2v) is 21.8. The Morgan fingerprint density at radius 2 is 1.68 bits per heavy atom. The molecule has 0 N–H and O–H groups in total. The average Bonchev–Trinajstić information content (AvgIpc) is 3.42. The van der Waals surface area contributed by atoms with Gasteiger partial charge in [0.2, 0.25) is 0 Å². The minimum absolute atomic E-state index is 0.0543. The number of hydrogen-bond acceptors (Lipinski definition) is 5. The average molecular weight is 465 g/mol. The second-order valence-electron chi connectivity index (χ2n) is 11.6. The molecule has 1 aromatic carbocycles. The first kappa shape index (κ1) is 24.5. The van der Waals surface area contributed by atoms with Crippen molar-refractivity contribution in [1.82, 2.24) is 0 Å². The summed E-state index contributed by atoms with van der Waals surface area (Å²) < 4.78 is 24.7. The number of benzene rings is 1. The van der Waals surface area contributed by atoms with Crippen molar-refractivity contribution in [2.24, 2.45) is 5.92 Å². The Morgan fingerprint density at radius 1 is 1.06 bits per heavy atom. The number of esters is 1. The molecule has 31 heavy (non-hydrogen) atoms. The Hall–Kier alpha value is -1.16. The summed E-state index contributed by atoms with van der Waals surface area (Å²) in [5, 5.41) is -0.269. The zero-order valence-corrected chi connectivity index (χ0v) is 23.1. The van der Waals surface area contributed by atoms with Crippen molar-refractivity contribution in [1.29, 1.82) is 0 Å². The molecule has 0 radical (unpaired) electrons. The minimum Gasteiger partial charge on any atom is -0.496 e. The van der Waals surface area contributed by atoms with E-state index >= 15 is 0 Å². The molecule has 0 aromatic heterocycles. The van der Waals surface area contributed by atoms with Crippen LogP contribution in [0.4, 0.5) is 0 Å². The van der Waals surface area contributed by atoms with E-state index in [2.05, 4.69) is 59.6 Å². The fraction of sp³-hybridized carbons (Fsp3) is 0.708. The van der Waals surface area contributed by atoms with Crippen LogP contribution in [0, 0.1) is 5.92 Å². The monoisotopic (exact) mass is 464 g/mol. The number of carbonyl (C=O) groups excluding carboxylic acids is 1. The Bertz CT molecular complexity index is 870. The van der Waals surface area contributed by atoms with Gasteiger partial charge in [-0.25, -0.2) is 0 Å². The molecule has 3 rings (SSSR count). The summed E-state index contributed by atoms with van der Waals surface area (Å²) in [4.78, 5) is 12.8. The third-order valence-electron chi connectivity index (χ3n) is 8.29. The van der Waals surface area contributed by atoms with Crippen LogP contribution < -0.4 is 4.74 Å². The lowest BCUT2D eigenvalue weighted by atomic mass is 9.66. The van der Waals surface area contributed by atoms with Gasteiger partial charge in [-0.15, -0.1) is 0 Å². The normalized spacial score (nSPS) is 30.3. The third-order valence-corrected chi connectivity index (χ3v) is 16.3. The Labute approximate surface area is 189 Å². The quantitative estimate of drug-likeness (QED) is 0.372. The lowest BCUT2D eigenvalue weighted by Gasteiger charge is -2.60. The zero-order chi connectivity index (χ0) is 23.6. The lowest BCUT2D eigenvalue weighted by molar-refractivity contribution is -0.157. The highest BCUT2D eigenvalue weighted by atomic mass is 28.4. The standard InChI is InChI=1S/C24H40O5Si2/c1-22(2,3)31(10,11)29-20-16-13-12-14-18(26-4)19(16)24(20,28-6)23(30(7,8)9)15-17(23)21(25)27-5/h12-14,17,20H,15H2,1-11H3/t17?,20-,23?,24+/m0/s1. The predicted octanol–water partition coefficient (Wildman–Crippen LogP) is 5.88. The highest BCUT2D eigenvalue weighted by molar-refractivity contribution is 6.81. The van der Waals surface area contributed by atoms with Crippen molar-refractivity contribution in [2.75, 3.05) is 21.3 Å². The highest BCUT2D eigenvalue weighted by Gasteiger charge is 2.81. The molecule has 1 fully saturated rings. The molecule has 4 atom stereocenters. The van der Waals surface area contributed by atoms with Gasteiger partial charge in [0.15, 0.2) is 8.32 Å². The molecule has 0 spiro atoms. The molecule has 0 bridgehead atoms.